The predicted octanol–water partition coefficient (Wildman–Crippen LogP) is 4.71. The molecule has 31 heavy (non-hydrogen) atoms. The van der Waals surface area contributed by atoms with Crippen molar-refractivity contribution in [2.75, 3.05) is 6.61 Å². The molecule has 0 bridgehead atoms. The Morgan fingerprint density at radius 1 is 1.00 bits per heavy atom. The van der Waals surface area contributed by atoms with Gasteiger partial charge in [0, 0.05) is 12.6 Å². The molecule has 2 amide bonds. The molecule has 0 fully saturated rings. The van der Waals surface area contributed by atoms with Gasteiger partial charge in [0.1, 0.15) is 11.8 Å². The second-order valence-electron chi connectivity index (χ2n) is 8.31. The zero-order chi connectivity index (χ0) is 23.0. The van der Waals surface area contributed by atoms with E-state index in [1.54, 1.807) is 4.90 Å². The molecule has 0 saturated carbocycles. The largest absolute Gasteiger partial charge is 0.483 e. The van der Waals surface area contributed by atoms with E-state index in [1.807, 2.05) is 84.0 Å². The minimum absolute atomic E-state index is 0.0589. The van der Waals surface area contributed by atoms with Gasteiger partial charge in [-0.25, -0.2) is 0 Å². The van der Waals surface area contributed by atoms with Gasteiger partial charge in [0.25, 0.3) is 5.91 Å². The Kier molecular flexibility index (Phi) is 9.10. The van der Waals surface area contributed by atoms with E-state index < -0.39 is 6.04 Å². The third-order valence-electron chi connectivity index (χ3n) is 5.52. The number of nitrogens with zero attached hydrogens (tertiary/aromatic N) is 1. The van der Waals surface area contributed by atoms with Gasteiger partial charge in [-0.3, -0.25) is 9.59 Å². The van der Waals surface area contributed by atoms with E-state index in [2.05, 4.69) is 5.32 Å². The molecular weight excluding hydrogens is 388 g/mol. The van der Waals surface area contributed by atoms with Crippen LogP contribution in [0.15, 0.2) is 42.5 Å². The summed E-state index contributed by atoms with van der Waals surface area (Å²) in [6.07, 6.45) is 1.37. The van der Waals surface area contributed by atoms with Crippen LogP contribution in [0.2, 0.25) is 0 Å². The molecule has 0 aromatic heterocycles. The van der Waals surface area contributed by atoms with Gasteiger partial charge >= 0.3 is 0 Å². The maximum absolute atomic E-state index is 13.3. The summed E-state index contributed by atoms with van der Waals surface area (Å²) in [7, 11) is 0. The van der Waals surface area contributed by atoms with Crippen LogP contribution in [-0.4, -0.2) is 35.4 Å². The van der Waals surface area contributed by atoms with Crippen molar-refractivity contribution in [3.8, 4) is 5.75 Å². The first kappa shape index (κ1) is 24.4. The Hall–Kier alpha value is -2.82. The number of amides is 2. The molecule has 0 aliphatic rings. The van der Waals surface area contributed by atoms with E-state index in [0.29, 0.717) is 18.7 Å². The monoisotopic (exact) mass is 424 g/mol. The van der Waals surface area contributed by atoms with Crippen molar-refractivity contribution in [3.05, 3.63) is 64.7 Å². The van der Waals surface area contributed by atoms with E-state index >= 15 is 0 Å². The number of rotatable bonds is 10. The van der Waals surface area contributed by atoms with Gasteiger partial charge in [-0.2, -0.15) is 0 Å². The summed E-state index contributed by atoms with van der Waals surface area (Å²) in [5.74, 6) is 0.374. The number of carbonyl (C=O) groups is 2. The molecule has 0 radical (unpaired) electrons. The van der Waals surface area contributed by atoms with Crippen LogP contribution in [0.3, 0.4) is 0 Å². The van der Waals surface area contributed by atoms with Crippen molar-refractivity contribution in [2.24, 2.45) is 0 Å². The highest BCUT2D eigenvalue weighted by Gasteiger charge is 2.29. The SMILES string of the molecule is CC[C@@H](C)NC(=O)[C@H](CC)N(Cc1cccc(C)c1)C(=O)COc1cc(C)ccc1C. The Morgan fingerprint density at radius 2 is 1.71 bits per heavy atom. The highest BCUT2D eigenvalue weighted by Crippen LogP contribution is 2.20. The Morgan fingerprint density at radius 3 is 2.35 bits per heavy atom. The van der Waals surface area contributed by atoms with E-state index in [0.717, 1.165) is 28.7 Å². The van der Waals surface area contributed by atoms with Gasteiger partial charge in [-0.15, -0.1) is 0 Å². The second kappa shape index (κ2) is 11.5. The van der Waals surface area contributed by atoms with Crippen molar-refractivity contribution in [2.45, 2.75) is 73.0 Å². The minimum atomic E-state index is -0.552. The lowest BCUT2D eigenvalue weighted by Gasteiger charge is -2.31. The van der Waals surface area contributed by atoms with Crippen LogP contribution in [0.1, 0.15) is 55.9 Å². The maximum Gasteiger partial charge on any atom is 0.261 e. The Labute approximate surface area is 186 Å². The number of hydrogen-bond donors (Lipinski definition) is 1. The third-order valence-corrected chi connectivity index (χ3v) is 5.52. The molecule has 5 heteroatoms. The molecule has 168 valence electrons. The smallest absolute Gasteiger partial charge is 0.261 e. The summed E-state index contributed by atoms with van der Waals surface area (Å²) in [4.78, 5) is 27.9. The summed E-state index contributed by atoms with van der Waals surface area (Å²) in [6, 6.07) is 13.5. The van der Waals surface area contributed by atoms with Gasteiger partial charge < -0.3 is 15.0 Å². The second-order valence-corrected chi connectivity index (χ2v) is 8.31. The van der Waals surface area contributed by atoms with E-state index in [4.69, 9.17) is 4.74 Å². The lowest BCUT2D eigenvalue weighted by atomic mass is 10.1. The molecular formula is C26H36N2O3. The molecule has 2 aromatic carbocycles. The maximum atomic E-state index is 13.3. The van der Waals surface area contributed by atoms with Crippen molar-refractivity contribution in [1.82, 2.24) is 10.2 Å². The van der Waals surface area contributed by atoms with Crippen molar-refractivity contribution < 1.29 is 14.3 Å². The summed E-state index contributed by atoms with van der Waals surface area (Å²) in [5.41, 5.74) is 4.16. The zero-order valence-electron chi connectivity index (χ0n) is 19.7. The number of ether oxygens (including phenoxy) is 1. The average molecular weight is 425 g/mol. The van der Waals surface area contributed by atoms with Crippen LogP contribution in [0.4, 0.5) is 0 Å². The van der Waals surface area contributed by atoms with E-state index in [9.17, 15) is 9.59 Å². The molecule has 0 aliphatic heterocycles. The number of aryl methyl sites for hydroxylation is 3. The first-order valence-electron chi connectivity index (χ1n) is 11.1. The summed E-state index contributed by atoms with van der Waals surface area (Å²) in [6.45, 7) is 12.2. The first-order valence-corrected chi connectivity index (χ1v) is 11.1. The molecule has 2 atom stereocenters. The van der Waals surface area contributed by atoms with Crippen molar-refractivity contribution in [1.29, 1.82) is 0 Å². The highest BCUT2D eigenvalue weighted by molar-refractivity contribution is 5.88. The van der Waals surface area contributed by atoms with Crippen LogP contribution in [-0.2, 0) is 16.1 Å². The summed E-state index contributed by atoms with van der Waals surface area (Å²) >= 11 is 0. The van der Waals surface area contributed by atoms with E-state index in [1.165, 1.54) is 0 Å². The normalized spacial score (nSPS) is 12.7. The highest BCUT2D eigenvalue weighted by atomic mass is 16.5. The molecule has 1 N–H and O–H groups in total. The third kappa shape index (κ3) is 7.12. The fraction of sp³-hybridized carbons (Fsp3) is 0.462. The lowest BCUT2D eigenvalue weighted by Crippen LogP contribution is -2.51. The predicted molar refractivity (Wildman–Crippen MR) is 125 cm³/mol. The summed E-state index contributed by atoms with van der Waals surface area (Å²) < 4.78 is 5.88. The molecule has 0 spiro atoms. The number of benzene rings is 2. The van der Waals surface area contributed by atoms with Gasteiger partial charge in [-0.1, -0.05) is 55.8 Å². The molecule has 5 nitrogen and oxygen atoms in total. The molecule has 2 rings (SSSR count). The quantitative estimate of drug-likeness (QED) is 0.601. The van der Waals surface area contributed by atoms with Crippen LogP contribution in [0, 0.1) is 20.8 Å². The Balaban J connectivity index is 2.25. The average Bonchev–Trinajstić information content (AvgIpc) is 2.73. The fourth-order valence-electron chi connectivity index (χ4n) is 3.45. The molecule has 0 heterocycles. The topological polar surface area (TPSA) is 58.6 Å². The number of carbonyl (C=O) groups excluding carboxylic acids is 2. The van der Waals surface area contributed by atoms with Gasteiger partial charge in [0.05, 0.1) is 0 Å². The lowest BCUT2D eigenvalue weighted by molar-refractivity contribution is -0.143. The van der Waals surface area contributed by atoms with Crippen molar-refractivity contribution in [3.63, 3.8) is 0 Å². The van der Waals surface area contributed by atoms with E-state index in [-0.39, 0.29) is 24.5 Å². The fourth-order valence-corrected chi connectivity index (χ4v) is 3.45. The van der Waals surface area contributed by atoms with Gasteiger partial charge in [-0.05, 0) is 63.3 Å². The molecule has 0 aliphatic carbocycles. The first-order chi connectivity index (χ1) is 14.7. The van der Waals surface area contributed by atoms with Crippen LogP contribution in [0.25, 0.3) is 0 Å². The van der Waals surface area contributed by atoms with Gasteiger partial charge in [0.2, 0.25) is 5.91 Å². The number of nitrogens with one attached hydrogen (secondary N) is 1. The molecule has 0 unspecified atom stereocenters. The van der Waals surface area contributed by atoms with Crippen molar-refractivity contribution >= 4 is 11.8 Å². The summed E-state index contributed by atoms with van der Waals surface area (Å²) in [5, 5.41) is 3.03. The van der Waals surface area contributed by atoms with Crippen LogP contribution < -0.4 is 10.1 Å². The zero-order valence-corrected chi connectivity index (χ0v) is 19.7. The molecule has 0 saturated heterocycles. The van der Waals surface area contributed by atoms with Crippen LogP contribution >= 0.6 is 0 Å². The Bertz CT molecular complexity index is 894. The van der Waals surface area contributed by atoms with Gasteiger partial charge in [0.15, 0.2) is 6.61 Å². The van der Waals surface area contributed by atoms with Crippen LogP contribution in [0.5, 0.6) is 5.75 Å². The minimum Gasteiger partial charge on any atom is -0.483 e. The number of hydrogen-bond acceptors (Lipinski definition) is 3. The molecule has 2 aromatic rings. The standard InChI is InChI=1S/C26H36N2O3/c1-7-21(6)27-26(30)23(8-2)28(16-22-11-9-10-18(3)14-22)25(29)17-31-24-15-19(4)12-13-20(24)5/h9-15,21,23H,7-8,16-17H2,1-6H3,(H,27,30)/t21-,23+/m1/s1.